The van der Waals surface area contributed by atoms with Crippen molar-refractivity contribution >= 4 is 17.7 Å². The van der Waals surface area contributed by atoms with Crippen molar-refractivity contribution in [3.05, 3.63) is 29.6 Å². The Bertz CT molecular complexity index is 643. The third-order valence-corrected chi connectivity index (χ3v) is 4.53. The highest BCUT2D eigenvalue weighted by atomic mass is 16.2. The molecule has 0 aliphatic carbocycles. The van der Waals surface area contributed by atoms with Crippen molar-refractivity contribution in [2.24, 2.45) is 0 Å². The highest BCUT2D eigenvalue weighted by Gasteiger charge is 2.44. The van der Waals surface area contributed by atoms with Gasteiger partial charge in [-0.3, -0.25) is 24.3 Å². The molecule has 0 spiro atoms. The molecule has 0 saturated carbocycles. The molecule has 0 aromatic carbocycles. The summed E-state index contributed by atoms with van der Waals surface area (Å²) in [6.45, 7) is 4.19. The molecule has 0 N–H and O–H groups in total. The van der Waals surface area contributed by atoms with E-state index in [0.29, 0.717) is 31.5 Å². The van der Waals surface area contributed by atoms with Crippen LogP contribution in [-0.4, -0.2) is 44.6 Å². The van der Waals surface area contributed by atoms with Gasteiger partial charge in [-0.05, 0) is 25.8 Å². The third kappa shape index (κ3) is 2.19. The van der Waals surface area contributed by atoms with Gasteiger partial charge in [0.2, 0.25) is 5.91 Å². The summed E-state index contributed by atoms with van der Waals surface area (Å²) in [4.78, 5) is 44.2. The maximum absolute atomic E-state index is 12.7. The van der Waals surface area contributed by atoms with Crippen LogP contribution < -0.4 is 0 Å². The molecule has 6 nitrogen and oxygen atoms in total. The van der Waals surface area contributed by atoms with Crippen LogP contribution in [0.1, 0.15) is 49.2 Å². The van der Waals surface area contributed by atoms with E-state index < -0.39 is 6.04 Å². The SMILES string of the molecule is CCC(C)N1C(=O)CCC(N2Cc3cccnc3C2=O)C1=O. The molecule has 3 amide bonds. The van der Waals surface area contributed by atoms with Gasteiger partial charge in [-0.2, -0.15) is 0 Å². The third-order valence-electron chi connectivity index (χ3n) is 4.53. The maximum atomic E-state index is 12.7. The Labute approximate surface area is 129 Å². The molecule has 2 aliphatic heterocycles. The molecule has 2 unspecified atom stereocenters. The Kier molecular flexibility index (Phi) is 3.68. The fraction of sp³-hybridized carbons (Fsp3) is 0.500. The molecule has 0 radical (unpaired) electrons. The maximum Gasteiger partial charge on any atom is 0.273 e. The number of fused-ring (bicyclic) bond motifs is 1. The van der Waals surface area contributed by atoms with Gasteiger partial charge in [-0.25, -0.2) is 0 Å². The lowest BCUT2D eigenvalue weighted by atomic mass is 10.00. The van der Waals surface area contributed by atoms with E-state index in [4.69, 9.17) is 0 Å². The summed E-state index contributed by atoms with van der Waals surface area (Å²) in [7, 11) is 0. The standard InChI is InChI=1S/C16H19N3O3/c1-3-10(2)19-13(20)7-6-12(15(19)21)18-9-11-5-4-8-17-14(11)16(18)22/h4-5,8,10,12H,3,6-7,9H2,1-2H3. The van der Waals surface area contributed by atoms with Crippen LogP contribution in [0.4, 0.5) is 0 Å². The van der Waals surface area contributed by atoms with Crippen LogP contribution >= 0.6 is 0 Å². The number of piperidine rings is 1. The Morgan fingerprint density at radius 1 is 1.36 bits per heavy atom. The van der Waals surface area contributed by atoms with Crippen LogP contribution in [0.25, 0.3) is 0 Å². The predicted octanol–water partition coefficient (Wildman–Crippen LogP) is 1.35. The molecule has 116 valence electrons. The van der Waals surface area contributed by atoms with E-state index in [1.54, 1.807) is 17.2 Å². The van der Waals surface area contributed by atoms with Gasteiger partial charge in [-0.15, -0.1) is 0 Å². The quantitative estimate of drug-likeness (QED) is 0.790. The molecule has 6 heteroatoms. The van der Waals surface area contributed by atoms with Gasteiger partial charge in [0.15, 0.2) is 0 Å². The largest absolute Gasteiger partial charge is 0.321 e. The predicted molar refractivity (Wildman–Crippen MR) is 78.7 cm³/mol. The molecular weight excluding hydrogens is 282 g/mol. The fourth-order valence-corrected chi connectivity index (χ4v) is 3.12. The summed E-state index contributed by atoms with van der Waals surface area (Å²) in [5.41, 5.74) is 1.26. The van der Waals surface area contributed by atoms with E-state index in [2.05, 4.69) is 4.98 Å². The number of hydrogen-bond donors (Lipinski definition) is 0. The molecule has 1 fully saturated rings. The highest BCUT2D eigenvalue weighted by Crippen LogP contribution is 2.28. The van der Waals surface area contributed by atoms with Crippen molar-refractivity contribution in [2.45, 2.75) is 51.7 Å². The van der Waals surface area contributed by atoms with Crippen LogP contribution in [0.3, 0.4) is 0 Å². The van der Waals surface area contributed by atoms with Crippen LogP contribution in [0.15, 0.2) is 18.3 Å². The highest BCUT2D eigenvalue weighted by molar-refractivity contribution is 6.04. The van der Waals surface area contributed by atoms with Gasteiger partial charge in [-0.1, -0.05) is 13.0 Å². The summed E-state index contributed by atoms with van der Waals surface area (Å²) < 4.78 is 0. The Morgan fingerprint density at radius 2 is 2.14 bits per heavy atom. The zero-order valence-electron chi connectivity index (χ0n) is 12.8. The molecule has 22 heavy (non-hydrogen) atoms. The van der Waals surface area contributed by atoms with Crippen molar-refractivity contribution < 1.29 is 14.4 Å². The Balaban J connectivity index is 1.86. The first-order chi connectivity index (χ1) is 10.5. The number of carbonyl (C=O) groups excluding carboxylic acids is 3. The number of aromatic nitrogens is 1. The smallest absolute Gasteiger partial charge is 0.273 e. The molecule has 1 saturated heterocycles. The minimum atomic E-state index is -0.562. The number of hydrogen-bond acceptors (Lipinski definition) is 4. The number of carbonyl (C=O) groups is 3. The van der Waals surface area contributed by atoms with Gasteiger partial charge in [0.05, 0.1) is 0 Å². The van der Waals surface area contributed by atoms with Gasteiger partial charge in [0.25, 0.3) is 11.8 Å². The fourth-order valence-electron chi connectivity index (χ4n) is 3.12. The Hall–Kier alpha value is -2.24. The summed E-state index contributed by atoms with van der Waals surface area (Å²) in [6.07, 6.45) is 2.98. The lowest BCUT2D eigenvalue weighted by Crippen LogP contribution is -2.57. The minimum Gasteiger partial charge on any atom is -0.321 e. The Morgan fingerprint density at radius 3 is 2.82 bits per heavy atom. The van der Waals surface area contributed by atoms with E-state index >= 15 is 0 Å². The molecule has 3 heterocycles. The van der Waals surface area contributed by atoms with Gasteiger partial charge < -0.3 is 4.90 Å². The molecule has 2 atom stereocenters. The van der Waals surface area contributed by atoms with Crippen molar-refractivity contribution in [1.82, 2.24) is 14.8 Å². The monoisotopic (exact) mass is 301 g/mol. The van der Waals surface area contributed by atoms with E-state index in [-0.39, 0.29) is 23.8 Å². The van der Waals surface area contributed by atoms with Gasteiger partial charge in [0, 0.05) is 30.8 Å². The van der Waals surface area contributed by atoms with Crippen LogP contribution in [0, 0.1) is 0 Å². The summed E-state index contributed by atoms with van der Waals surface area (Å²) in [6, 6.07) is 2.94. The van der Waals surface area contributed by atoms with Gasteiger partial charge in [0.1, 0.15) is 11.7 Å². The first-order valence-corrected chi connectivity index (χ1v) is 7.65. The van der Waals surface area contributed by atoms with Crippen LogP contribution in [0.5, 0.6) is 0 Å². The van der Waals surface area contributed by atoms with Crippen molar-refractivity contribution in [1.29, 1.82) is 0 Å². The molecule has 1 aromatic heterocycles. The number of amides is 3. The normalized spacial score (nSPS) is 23.0. The average molecular weight is 301 g/mol. The van der Waals surface area contributed by atoms with E-state index in [9.17, 15) is 14.4 Å². The van der Waals surface area contributed by atoms with Crippen LogP contribution in [0.2, 0.25) is 0 Å². The number of nitrogens with zero attached hydrogens (tertiary/aromatic N) is 3. The summed E-state index contributed by atoms with van der Waals surface area (Å²) in [5.74, 6) is -0.614. The molecule has 2 aliphatic rings. The van der Waals surface area contributed by atoms with E-state index in [1.807, 2.05) is 19.9 Å². The summed E-state index contributed by atoms with van der Waals surface area (Å²) in [5, 5.41) is 0. The van der Waals surface area contributed by atoms with Crippen molar-refractivity contribution in [3.8, 4) is 0 Å². The zero-order chi connectivity index (χ0) is 15.9. The number of likely N-dealkylation sites (tertiary alicyclic amines) is 1. The van der Waals surface area contributed by atoms with Gasteiger partial charge >= 0.3 is 0 Å². The molecule has 0 bridgehead atoms. The summed E-state index contributed by atoms with van der Waals surface area (Å²) >= 11 is 0. The number of imide groups is 1. The lowest BCUT2D eigenvalue weighted by Gasteiger charge is -2.38. The van der Waals surface area contributed by atoms with E-state index in [1.165, 1.54) is 4.90 Å². The van der Waals surface area contributed by atoms with Crippen molar-refractivity contribution in [2.75, 3.05) is 0 Å². The first-order valence-electron chi connectivity index (χ1n) is 7.65. The molecule has 3 rings (SSSR count). The molecular formula is C16H19N3O3. The molecule has 1 aromatic rings. The van der Waals surface area contributed by atoms with Crippen LogP contribution in [-0.2, 0) is 16.1 Å². The lowest BCUT2D eigenvalue weighted by molar-refractivity contribution is -0.154. The second-order valence-electron chi connectivity index (χ2n) is 5.86. The van der Waals surface area contributed by atoms with E-state index in [0.717, 1.165) is 5.56 Å². The number of pyridine rings is 1. The van der Waals surface area contributed by atoms with Crippen molar-refractivity contribution in [3.63, 3.8) is 0 Å². The minimum absolute atomic E-state index is 0.138. The number of rotatable bonds is 3. The first kappa shape index (κ1) is 14.7. The second-order valence-corrected chi connectivity index (χ2v) is 5.86. The topological polar surface area (TPSA) is 70.6 Å². The second kappa shape index (κ2) is 5.51. The average Bonchev–Trinajstić information content (AvgIpc) is 2.84. The zero-order valence-corrected chi connectivity index (χ0v) is 12.8.